The predicted molar refractivity (Wildman–Crippen MR) is 157 cm³/mol. The minimum atomic E-state index is -0.752. The smallest absolute Gasteiger partial charge is 0.225 e. The first-order chi connectivity index (χ1) is 20.4. The highest BCUT2D eigenvalue weighted by atomic mass is 32.1. The lowest BCUT2D eigenvalue weighted by Gasteiger charge is -2.22. The van der Waals surface area contributed by atoms with Crippen molar-refractivity contribution in [3.8, 4) is 16.9 Å². The lowest BCUT2D eigenvalue weighted by atomic mass is 9.94. The number of carbonyl (C=O) groups is 1. The van der Waals surface area contributed by atoms with Crippen LogP contribution in [-0.2, 0) is 17.6 Å². The van der Waals surface area contributed by atoms with Crippen LogP contribution in [0, 0.1) is 11.6 Å². The molecule has 4 aromatic heterocycles. The zero-order valence-corrected chi connectivity index (χ0v) is 22.7. The fourth-order valence-corrected chi connectivity index (χ4v) is 5.99. The molecule has 1 atom stereocenters. The molecule has 7 aromatic rings. The van der Waals surface area contributed by atoms with Crippen LogP contribution in [0.15, 0.2) is 78.6 Å². The summed E-state index contributed by atoms with van der Waals surface area (Å²) >= 11 is 1.53. The van der Waals surface area contributed by atoms with E-state index in [-0.39, 0.29) is 24.5 Å². The van der Waals surface area contributed by atoms with Gasteiger partial charge in [-0.15, -0.1) is 11.3 Å². The minimum Gasteiger partial charge on any atom is -0.508 e. The number of halogens is 2. The van der Waals surface area contributed by atoms with Crippen molar-refractivity contribution in [2.24, 2.45) is 0 Å². The Labute approximate surface area is 241 Å². The summed E-state index contributed by atoms with van der Waals surface area (Å²) in [5.41, 5.74) is 7.80. The van der Waals surface area contributed by atoms with E-state index in [4.69, 9.17) is 4.98 Å². The molecular formula is C31H22F2N6O2S. The Morgan fingerprint density at radius 1 is 1.00 bits per heavy atom. The van der Waals surface area contributed by atoms with E-state index in [1.165, 1.54) is 23.5 Å². The number of phenolic OH excluding ortho intramolecular Hbond substituents is 1. The standard InChI is InChI=1S/C31H22F2N6O2S/c32-19-5-16(6-20(33)10-19)7-27(37-30(41)9-18-13-34-24-3-2-21(40)11-22(18)24)31-23(12-25-28(38-31)14-36-39-25)17-1-4-29-26(8-17)35-15-42-29/h1-6,8,10-15,27,34,40H,7,9H2,(H,36,39)(H,37,41)/t27-/m0/s1. The molecular weight excluding hydrogens is 558 g/mol. The highest BCUT2D eigenvalue weighted by Crippen LogP contribution is 2.34. The van der Waals surface area contributed by atoms with Crippen LogP contribution in [0.4, 0.5) is 8.78 Å². The van der Waals surface area contributed by atoms with Crippen molar-refractivity contribution in [2.45, 2.75) is 18.9 Å². The van der Waals surface area contributed by atoms with Crippen molar-refractivity contribution < 1.29 is 18.7 Å². The number of hydrogen-bond acceptors (Lipinski definition) is 6. The molecule has 0 aliphatic rings. The van der Waals surface area contributed by atoms with Crippen molar-refractivity contribution in [3.05, 3.63) is 107 Å². The summed E-state index contributed by atoms with van der Waals surface area (Å²) in [6.45, 7) is 0. The van der Waals surface area contributed by atoms with Crippen molar-refractivity contribution >= 4 is 49.4 Å². The molecule has 0 saturated carbocycles. The van der Waals surface area contributed by atoms with Crippen LogP contribution in [0.5, 0.6) is 5.75 Å². The van der Waals surface area contributed by atoms with Crippen molar-refractivity contribution in [3.63, 3.8) is 0 Å². The Balaban J connectivity index is 1.32. The lowest BCUT2D eigenvalue weighted by Crippen LogP contribution is -2.32. The number of amides is 1. The molecule has 0 fully saturated rings. The monoisotopic (exact) mass is 580 g/mol. The number of rotatable bonds is 7. The first-order valence-electron chi connectivity index (χ1n) is 13.1. The van der Waals surface area contributed by atoms with Crippen molar-refractivity contribution in [2.75, 3.05) is 0 Å². The quantitative estimate of drug-likeness (QED) is 0.175. The molecule has 4 N–H and O–H groups in total. The molecule has 0 radical (unpaired) electrons. The number of aromatic nitrogens is 5. The Bertz CT molecular complexity index is 2100. The van der Waals surface area contributed by atoms with Gasteiger partial charge in [-0.25, -0.2) is 18.7 Å². The topological polar surface area (TPSA) is 120 Å². The third kappa shape index (κ3) is 4.94. The molecule has 11 heteroatoms. The summed E-state index contributed by atoms with van der Waals surface area (Å²) in [5, 5.41) is 20.8. The van der Waals surface area contributed by atoms with E-state index in [9.17, 15) is 18.7 Å². The SMILES string of the molecule is O=C(Cc1c[nH]c2ccc(O)cc12)N[C@@H](Cc1cc(F)cc(F)c1)c1nc2cn[nH]c2cc1-c1ccc2scnc2c1. The van der Waals surface area contributed by atoms with Crippen LogP contribution in [-0.4, -0.2) is 36.2 Å². The van der Waals surface area contributed by atoms with E-state index in [2.05, 4.69) is 25.5 Å². The molecule has 0 saturated heterocycles. The predicted octanol–water partition coefficient (Wildman–Crippen LogP) is 6.34. The minimum absolute atomic E-state index is 0.00549. The molecule has 0 aliphatic carbocycles. The number of pyridine rings is 1. The van der Waals surface area contributed by atoms with E-state index in [0.29, 0.717) is 27.9 Å². The number of carbonyl (C=O) groups excluding carboxylic acids is 1. The van der Waals surface area contributed by atoms with Crippen molar-refractivity contribution in [1.82, 2.24) is 30.5 Å². The number of thiazole rings is 1. The molecule has 7 rings (SSSR count). The first kappa shape index (κ1) is 25.8. The van der Waals surface area contributed by atoms with Crippen LogP contribution < -0.4 is 5.32 Å². The molecule has 1 amide bonds. The van der Waals surface area contributed by atoms with E-state index in [1.54, 1.807) is 36.1 Å². The Hall–Kier alpha value is -5.16. The second-order valence-electron chi connectivity index (χ2n) is 10.1. The summed E-state index contributed by atoms with van der Waals surface area (Å²) in [7, 11) is 0. The number of nitrogens with zero attached hydrogens (tertiary/aromatic N) is 3. The van der Waals surface area contributed by atoms with Gasteiger partial charge in [0.05, 0.1) is 45.6 Å². The molecule has 42 heavy (non-hydrogen) atoms. The summed E-state index contributed by atoms with van der Waals surface area (Å²) in [6.07, 6.45) is 3.40. The van der Waals surface area contributed by atoms with Gasteiger partial charge in [0.25, 0.3) is 0 Å². The second kappa shape index (κ2) is 10.3. The number of aromatic amines is 2. The van der Waals surface area contributed by atoms with Gasteiger partial charge in [-0.3, -0.25) is 9.89 Å². The molecule has 8 nitrogen and oxygen atoms in total. The second-order valence-corrected chi connectivity index (χ2v) is 11.0. The summed E-state index contributed by atoms with van der Waals surface area (Å²) < 4.78 is 29.5. The number of fused-ring (bicyclic) bond motifs is 3. The highest BCUT2D eigenvalue weighted by Gasteiger charge is 2.24. The van der Waals surface area contributed by atoms with Gasteiger partial charge in [0.15, 0.2) is 0 Å². The molecule has 0 unspecified atom stereocenters. The molecule has 4 heterocycles. The van der Waals surface area contributed by atoms with Gasteiger partial charge >= 0.3 is 0 Å². The Morgan fingerprint density at radius 3 is 2.71 bits per heavy atom. The van der Waals surface area contributed by atoms with Crippen LogP contribution in [0.1, 0.15) is 22.9 Å². The summed E-state index contributed by atoms with van der Waals surface area (Å²) in [5.74, 6) is -1.65. The number of benzene rings is 3. The molecule has 208 valence electrons. The van der Waals surface area contributed by atoms with Gasteiger partial charge in [0.1, 0.15) is 22.9 Å². The van der Waals surface area contributed by atoms with Gasteiger partial charge in [-0.1, -0.05) is 6.07 Å². The van der Waals surface area contributed by atoms with E-state index in [1.807, 2.05) is 24.3 Å². The summed E-state index contributed by atoms with van der Waals surface area (Å²) in [6, 6.07) is 15.3. The van der Waals surface area contributed by atoms with Gasteiger partial charge < -0.3 is 15.4 Å². The normalized spacial score (nSPS) is 12.3. The molecule has 3 aromatic carbocycles. The average Bonchev–Trinajstić information content (AvgIpc) is 3.71. The van der Waals surface area contributed by atoms with E-state index in [0.717, 1.165) is 38.3 Å². The fraction of sp³-hybridized carbons (Fsp3) is 0.0968. The van der Waals surface area contributed by atoms with E-state index >= 15 is 0 Å². The number of phenols is 1. The zero-order chi connectivity index (χ0) is 28.8. The highest BCUT2D eigenvalue weighted by molar-refractivity contribution is 7.16. The number of H-pyrrole nitrogens is 2. The van der Waals surface area contributed by atoms with Crippen LogP contribution in [0.2, 0.25) is 0 Å². The van der Waals surface area contributed by atoms with Gasteiger partial charge in [0.2, 0.25) is 5.91 Å². The average molecular weight is 581 g/mol. The maximum Gasteiger partial charge on any atom is 0.225 e. The zero-order valence-electron chi connectivity index (χ0n) is 21.9. The molecule has 0 spiro atoms. The first-order valence-corrected chi connectivity index (χ1v) is 14.0. The third-order valence-corrected chi connectivity index (χ3v) is 8.03. The van der Waals surface area contributed by atoms with Gasteiger partial charge in [-0.2, -0.15) is 5.10 Å². The number of aromatic hydroxyl groups is 1. The van der Waals surface area contributed by atoms with Crippen LogP contribution >= 0.6 is 11.3 Å². The maximum atomic E-state index is 14.2. The molecule has 0 aliphatic heterocycles. The number of nitrogens with one attached hydrogen (secondary N) is 3. The largest absolute Gasteiger partial charge is 0.508 e. The fourth-order valence-electron chi connectivity index (χ4n) is 5.33. The lowest BCUT2D eigenvalue weighted by molar-refractivity contribution is -0.121. The maximum absolute atomic E-state index is 14.2. The Kier molecular flexibility index (Phi) is 6.35. The third-order valence-electron chi connectivity index (χ3n) is 7.22. The van der Waals surface area contributed by atoms with Gasteiger partial charge in [-0.05, 0) is 71.6 Å². The van der Waals surface area contributed by atoms with Crippen LogP contribution in [0.25, 0.3) is 43.3 Å². The number of hydrogen-bond donors (Lipinski definition) is 4. The Morgan fingerprint density at radius 2 is 1.86 bits per heavy atom. The van der Waals surface area contributed by atoms with Crippen molar-refractivity contribution in [1.29, 1.82) is 0 Å². The van der Waals surface area contributed by atoms with Gasteiger partial charge in [0, 0.05) is 28.7 Å². The summed E-state index contributed by atoms with van der Waals surface area (Å²) in [4.78, 5) is 26.0. The van der Waals surface area contributed by atoms with E-state index < -0.39 is 17.7 Å². The van der Waals surface area contributed by atoms with Crippen LogP contribution in [0.3, 0.4) is 0 Å². The molecule has 0 bridgehead atoms.